The lowest BCUT2D eigenvalue weighted by Gasteiger charge is -2.42. The fraction of sp³-hybridized carbons (Fsp3) is 0.684. The smallest absolute Gasteiger partial charge is 0.122 e. The van der Waals surface area contributed by atoms with E-state index in [1.165, 1.54) is 24.8 Å². The molecule has 1 fully saturated rings. The van der Waals surface area contributed by atoms with Crippen LogP contribution in [0.15, 0.2) is 24.3 Å². The summed E-state index contributed by atoms with van der Waals surface area (Å²) in [4.78, 5) is 0. The molecule has 3 unspecified atom stereocenters. The highest BCUT2D eigenvalue weighted by atomic mass is 16.5. The number of hydrogen-bond donors (Lipinski definition) is 1. The molecule has 1 aromatic carbocycles. The normalized spacial score (nSPS) is 26.6. The van der Waals surface area contributed by atoms with Crippen LogP contribution in [0, 0.1) is 24.2 Å². The van der Waals surface area contributed by atoms with Gasteiger partial charge < -0.3 is 10.5 Å². The van der Waals surface area contributed by atoms with E-state index in [0.717, 1.165) is 24.6 Å². The number of para-hydroxylation sites is 1. The predicted molar refractivity (Wildman–Crippen MR) is 89.6 cm³/mol. The summed E-state index contributed by atoms with van der Waals surface area (Å²) in [6, 6.07) is 8.31. The molecule has 0 heterocycles. The van der Waals surface area contributed by atoms with Crippen molar-refractivity contribution in [2.75, 3.05) is 6.54 Å². The van der Waals surface area contributed by atoms with Gasteiger partial charge in [-0.2, -0.15) is 0 Å². The van der Waals surface area contributed by atoms with E-state index in [-0.39, 0.29) is 6.10 Å². The third kappa shape index (κ3) is 3.79. The molecule has 1 saturated carbocycles. The van der Waals surface area contributed by atoms with Crippen LogP contribution < -0.4 is 10.5 Å². The van der Waals surface area contributed by atoms with Crippen molar-refractivity contribution in [3.8, 4) is 5.75 Å². The average Bonchev–Trinajstić information content (AvgIpc) is 2.49. The number of ether oxygens (including phenoxy) is 1. The first-order valence-corrected chi connectivity index (χ1v) is 8.40. The van der Waals surface area contributed by atoms with Gasteiger partial charge in [0.2, 0.25) is 0 Å². The Bertz CT molecular complexity index is 455. The number of benzene rings is 1. The first-order chi connectivity index (χ1) is 9.97. The molecule has 0 aliphatic heterocycles. The molecule has 0 radical (unpaired) electrons. The second-order valence-corrected chi connectivity index (χ2v) is 7.27. The number of rotatable bonds is 5. The zero-order valence-corrected chi connectivity index (χ0v) is 14.1. The SMILES string of the molecule is CCC(C)(C)C1CCC(CN)C(Oc2ccccc2C)C1. The molecule has 1 aliphatic rings. The second kappa shape index (κ2) is 6.83. The third-order valence-corrected chi connectivity index (χ3v) is 5.62. The van der Waals surface area contributed by atoms with Gasteiger partial charge in [-0.3, -0.25) is 0 Å². The highest BCUT2D eigenvalue weighted by Gasteiger charge is 2.37. The minimum Gasteiger partial charge on any atom is -0.490 e. The Labute approximate surface area is 130 Å². The highest BCUT2D eigenvalue weighted by Crippen LogP contribution is 2.43. The lowest BCUT2D eigenvalue weighted by molar-refractivity contribution is 0.0255. The maximum Gasteiger partial charge on any atom is 0.122 e. The average molecular weight is 289 g/mol. The van der Waals surface area contributed by atoms with Crippen LogP contribution in [0.3, 0.4) is 0 Å². The molecule has 1 aliphatic carbocycles. The fourth-order valence-electron chi connectivity index (χ4n) is 3.46. The van der Waals surface area contributed by atoms with Crippen molar-refractivity contribution in [2.45, 2.75) is 59.5 Å². The molecule has 2 nitrogen and oxygen atoms in total. The second-order valence-electron chi connectivity index (χ2n) is 7.27. The summed E-state index contributed by atoms with van der Waals surface area (Å²) in [5.74, 6) is 2.25. The Hall–Kier alpha value is -1.02. The number of aryl methyl sites for hydroxylation is 1. The molecule has 118 valence electrons. The van der Waals surface area contributed by atoms with Gasteiger partial charge >= 0.3 is 0 Å². The van der Waals surface area contributed by atoms with Crippen molar-refractivity contribution in [3.05, 3.63) is 29.8 Å². The van der Waals surface area contributed by atoms with Crippen molar-refractivity contribution < 1.29 is 4.74 Å². The Morgan fingerprint density at radius 3 is 2.57 bits per heavy atom. The van der Waals surface area contributed by atoms with Gasteiger partial charge in [0, 0.05) is 5.92 Å². The molecule has 0 amide bonds. The van der Waals surface area contributed by atoms with Gasteiger partial charge in [0.15, 0.2) is 0 Å². The van der Waals surface area contributed by atoms with Gasteiger partial charge in [-0.1, -0.05) is 45.4 Å². The Morgan fingerprint density at radius 2 is 1.95 bits per heavy atom. The van der Waals surface area contributed by atoms with E-state index in [9.17, 15) is 0 Å². The summed E-state index contributed by atoms with van der Waals surface area (Å²) in [6.45, 7) is 9.93. The van der Waals surface area contributed by atoms with Gasteiger partial charge in [-0.15, -0.1) is 0 Å². The van der Waals surface area contributed by atoms with Crippen molar-refractivity contribution in [1.82, 2.24) is 0 Å². The van der Waals surface area contributed by atoms with Gasteiger partial charge in [-0.05, 0) is 55.7 Å². The number of hydrogen-bond acceptors (Lipinski definition) is 2. The van der Waals surface area contributed by atoms with Crippen LogP contribution in [0.5, 0.6) is 5.75 Å². The van der Waals surface area contributed by atoms with E-state index in [1.807, 2.05) is 0 Å². The van der Waals surface area contributed by atoms with E-state index in [0.29, 0.717) is 11.3 Å². The van der Waals surface area contributed by atoms with Crippen molar-refractivity contribution >= 4 is 0 Å². The Morgan fingerprint density at radius 1 is 1.24 bits per heavy atom. The maximum atomic E-state index is 6.38. The zero-order valence-electron chi connectivity index (χ0n) is 14.1. The van der Waals surface area contributed by atoms with Crippen LogP contribution in [-0.4, -0.2) is 12.6 Å². The van der Waals surface area contributed by atoms with Crippen molar-refractivity contribution in [3.63, 3.8) is 0 Å². The van der Waals surface area contributed by atoms with Crippen LogP contribution in [0.4, 0.5) is 0 Å². The molecular formula is C19H31NO. The Balaban J connectivity index is 2.12. The quantitative estimate of drug-likeness (QED) is 0.863. The fourth-order valence-corrected chi connectivity index (χ4v) is 3.46. The summed E-state index contributed by atoms with van der Waals surface area (Å²) >= 11 is 0. The van der Waals surface area contributed by atoms with Crippen LogP contribution >= 0.6 is 0 Å². The van der Waals surface area contributed by atoms with Gasteiger partial charge in [0.25, 0.3) is 0 Å². The maximum absolute atomic E-state index is 6.38. The molecule has 0 saturated heterocycles. The summed E-state index contributed by atoms with van der Waals surface area (Å²) < 4.78 is 6.38. The predicted octanol–water partition coefficient (Wildman–Crippen LogP) is 4.55. The van der Waals surface area contributed by atoms with Crippen LogP contribution in [0.2, 0.25) is 0 Å². The third-order valence-electron chi connectivity index (χ3n) is 5.62. The van der Waals surface area contributed by atoms with Crippen molar-refractivity contribution in [2.24, 2.45) is 23.0 Å². The first-order valence-electron chi connectivity index (χ1n) is 8.40. The largest absolute Gasteiger partial charge is 0.490 e. The van der Waals surface area contributed by atoms with E-state index in [4.69, 9.17) is 10.5 Å². The molecule has 1 aromatic rings. The van der Waals surface area contributed by atoms with Crippen LogP contribution in [0.25, 0.3) is 0 Å². The van der Waals surface area contributed by atoms with E-state index < -0.39 is 0 Å². The van der Waals surface area contributed by atoms with Gasteiger partial charge in [-0.25, -0.2) is 0 Å². The van der Waals surface area contributed by atoms with E-state index in [2.05, 4.69) is 52.0 Å². The Kier molecular flexibility index (Phi) is 5.32. The van der Waals surface area contributed by atoms with E-state index >= 15 is 0 Å². The number of nitrogens with two attached hydrogens (primary N) is 1. The summed E-state index contributed by atoms with van der Waals surface area (Å²) in [5, 5.41) is 0. The summed E-state index contributed by atoms with van der Waals surface area (Å²) in [6.07, 6.45) is 5.11. The molecule has 0 aromatic heterocycles. The molecule has 0 bridgehead atoms. The molecular weight excluding hydrogens is 258 g/mol. The first kappa shape index (κ1) is 16.4. The molecule has 21 heavy (non-hydrogen) atoms. The van der Waals surface area contributed by atoms with Gasteiger partial charge in [0.1, 0.15) is 11.9 Å². The molecule has 3 atom stereocenters. The minimum absolute atomic E-state index is 0.265. The van der Waals surface area contributed by atoms with Crippen molar-refractivity contribution in [1.29, 1.82) is 0 Å². The lowest BCUT2D eigenvalue weighted by Crippen LogP contribution is -2.42. The summed E-state index contributed by atoms with van der Waals surface area (Å²) in [7, 11) is 0. The molecule has 2 heteroatoms. The topological polar surface area (TPSA) is 35.2 Å². The standard InChI is InChI=1S/C19H31NO/c1-5-19(3,4)16-11-10-15(13-20)18(12-16)21-17-9-7-6-8-14(17)2/h6-9,15-16,18H,5,10-13,20H2,1-4H3. The molecule has 2 rings (SSSR count). The van der Waals surface area contributed by atoms with Gasteiger partial charge in [0.05, 0.1) is 0 Å². The minimum atomic E-state index is 0.265. The lowest BCUT2D eigenvalue weighted by atomic mass is 9.66. The van der Waals surface area contributed by atoms with E-state index in [1.54, 1.807) is 0 Å². The monoisotopic (exact) mass is 289 g/mol. The molecule has 0 spiro atoms. The molecule has 2 N–H and O–H groups in total. The zero-order chi connectivity index (χ0) is 15.5. The van der Waals surface area contributed by atoms with Crippen LogP contribution in [0.1, 0.15) is 52.0 Å². The highest BCUT2D eigenvalue weighted by molar-refractivity contribution is 5.32. The van der Waals surface area contributed by atoms with Crippen LogP contribution in [-0.2, 0) is 0 Å². The summed E-state index contributed by atoms with van der Waals surface area (Å²) in [5.41, 5.74) is 7.60.